The molecule has 4 aromatic rings. The van der Waals surface area contributed by atoms with Crippen LogP contribution in [0.25, 0.3) is 21.9 Å². The van der Waals surface area contributed by atoms with Crippen LogP contribution >= 0.6 is 0 Å². The maximum atomic E-state index is 12.6. The molecule has 3 heterocycles. The molecule has 136 valence electrons. The summed E-state index contributed by atoms with van der Waals surface area (Å²) in [7, 11) is 0. The van der Waals surface area contributed by atoms with E-state index in [0.29, 0.717) is 24.1 Å². The summed E-state index contributed by atoms with van der Waals surface area (Å²) >= 11 is 0. The molecule has 0 saturated heterocycles. The lowest BCUT2D eigenvalue weighted by molar-refractivity contribution is 0.0951. The summed E-state index contributed by atoms with van der Waals surface area (Å²) < 4.78 is 2.16. The highest BCUT2D eigenvalue weighted by Crippen LogP contribution is 2.18. The van der Waals surface area contributed by atoms with Crippen LogP contribution in [-0.2, 0) is 6.54 Å². The zero-order valence-corrected chi connectivity index (χ0v) is 15.2. The highest BCUT2D eigenvalue weighted by Gasteiger charge is 2.13. The number of aromatic nitrogens is 3. The van der Waals surface area contributed by atoms with E-state index in [1.165, 1.54) is 11.6 Å². The molecule has 0 spiro atoms. The van der Waals surface area contributed by atoms with Crippen LogP contribution in [0.15, 0.2) is 53.5 Å². The Bertz CT molecular complexity index is 1220. The molecule has 0 atom stereocenters. The minimum atomic E-state index is -0.382. The normalized spacial score (nSPS) is 11.2. The zero-order valence-electron chi connectivity index (χ0n) is 15.2. The second-order valence-corrected chi connectivity index (χ2v) is 6.63. The zero-order chi connectivity index (χ0) is 19.0. The molecule has 2 N–H and O–H groups in total. The van der Waals surface area contributed by atoms with Gasteiger partial charge in [-0.2, -0.15) is 0 Å². The van der Waals surface area contributed by atoms with Gasteiger partial charge in [0.25, 0.3) is 5.91 Å². The Hall–Kier alpha value is -3.41. The second-order valence-electron chi connectivity index (χ2n) is 6.63. The number of H-pyrrole nitrogens is 1. The monoisotopic (exact) mass is 360 g/mol. The summed E-state index contributed by atoms with van der Waals surface area (Å²) in [6, 6.07) is 13.7. The molecular weight excluding hydrogens is 340 g/mol. The molecule has 0 saturated carbocycles. The molecule has 1 aromatic carbocycles. The van der Waals surface area contributed by atoms with E-state index in [9.17, 15) is 9.59 Å². The molecule has 4 rings (SSSR count). The first-order chi connectivity index (χ1) is 13.0. The molecule has 0 aliphatic heterocycles. The van der Waals surface area contributed by atoms with E-state index in [1.807, 2.05) is 26.0 Å². The molecule has 0 bridgehead atoms. The van der Waals surface area contributed by atoms with Crippen molar-refractivity contribution in [3.05, 3.63) is 75.8 Å². The van der Waals surface area contributed by atoms with Gasteiger partial charge in [0.15, 0.2) is 0 Å². The fourth-order valence-electron chi connectivity index (χ4n) is 3.39. The van der Waals surface area contributed by atoms with Crippen LogP contribution in [-0.4, -0.2) is 27.0 Å². The van der Waals surface area contributed by atoms with Crippen LogP contribution in [0.3, 0.4) is 0 Å². The number of nitrogens with zero attached hydrogens (tertiary/aromatic N) is 2. The van der Waals surface area contributed by atoms with Crippen molar-refractivity contribution in [2.75, 3.05) is 6.54 Å². The van der Waals surface area contributed by atoms with Crippen molar-refractivity contribution in [3.63, 3.8) is 0 Å². The standard InChI is InChI=1S/C21H20N4O2/c1-13-7-8-16-19(26)17(12-23-20(16)24-13)21(27)22-9-10-25-14(2)11-15-5-3-4-6-18(15)25/h3-8,11-12H,9-10H2,1-2H3,(H,22,27)(H,23,24,26). The topological polar surface area (TPSA) is 79.8 Å². The molecule has 6 heteroatoms. The van der Waals surface area contributed by atoms with Crippen molar-refractivity contribution in [1.82, 2.24) is 19.9 Å². The summed E-state index contributed by atoms with van der Waals surface area (Å²) in [5.41, 5.74) is 3.36. The second kappa shape index (κ2) is 6.72. The summed E-state index contributed by atoms with van der Waals surface area (Å²) in [5.74, 6) is -0.382. The van der Waals surface area contributed by atoms with Gasteiger partial charge in [0, 0.05) is 36.2 Å². The number of rotatable bonds is 4. The third kappa shape index (κ3) is 3.10. The first-order valence-electron chi connectivity index (χ1n) is 8.87. The lowest BCUT2D eigenvalue weighted by Gasteiger charge is -2.10. The highest BCUT2D eigenvalue weighted by molar-refractivity contribution is 5.96. The van der Waals surface area contributed by atoms with Gasteiger partial charge in [-0.25, -0.2) is 4.98 Å². The number of aromatic amines is 1. The van der Waals surface area contributed by atoms with Gasteiger partial charge in [-0.1, -0.05) is 18.2 Å². The predicted molar refractivity (Wildman–Crippen MR) is 106 cm³/mol. The molecular formula is C21H20N4O2. The summed E-state index contributed by atoms with van der Waals surface area (Å²) in [4.78, 5) is 32.3. The van der Waals surface area contributed by atoms with Gasteiger partial charge in [0.1, 0.15) is 11.2 Å². The van der Waals surface area contributed by atoms with Gasteiger partial charge in [-0.05, 0) is 43.5 Å². The Labute approximate surface area is 155 Å². The number of pyridine rings is 2. The van der Waals surface area contributed by atoms with Crippen molar-refractivity contribution in [2.45, 2.75) is 20.4 Å². The van der Waals surface area contributed by atoms with Crippen molar-refractivity contribution >= 4 is 27.8 Å². The van der Waals surface area contributed by atoms with Crippen LogP contribution in [0.2, 0.25) is 0 Å². The van der Waals surface area contributed by atoms with E-state index in [-0.39, 0.29) is 16.9 Å². The van der Waals surface area contributed by atoms with E-state index >= 15 is 0 Å². The first kappa shape index (κ1) is 17.0. The Morgan fingerprint density at radius 1 is 1.19 bits per heavy atom. The minimum absolute atomic E-state index is 0.0993. The molecule has 6 nitrogen and oxygen atoms in total. The van der Waals surface area contributed by atoms with Crippen molar-refractivity contribution < 1.29 is 4.79 Å². The van der Waals surface area contributed by atoms with Gasteiger partial charge in [-0.15, -0.1) is 0 Å². The van der Waals surface area contributed by atoms with Gasteiger partial charge in [0.05, 0.1) is 5.39 Å². The van der Waals surface area contributed by atoms with E-state index in [1.54, 1.807) is 12.1 Å². The fourth-order valence-corrected chi connectivity index (χ4v) is 3.39. The molecule has 0 unspecified atom stereocenters. The quantitative estimate of drug-likeness (QED) is 0.587. The van der Waals surface area contributed by atoms with Crippen molar-refractivity contribution in [2.24, 2.45) is 0 Å². The Morgan fingerprint density at radius 2 is 2.00 bits per heavy atom. The Kier molecular flexibility index (Phi) is 4.24. The largest absolute Gasteiger partial charge is 0.350 e. The van der Waals surface area contributed by atoms with Gasteiger partial charge in [0.2, 0.25) is 5.43 Å². The maximum Gasteiger partial charge on any atom is 0.256 e. The Morgan fingerprint density at radius 3 is 2.85 bits per heavy atom. The molecule has 0 fully saturated rings. The Balaban J connectivity index is 1.52. The number of para-hydroxylation sites is 1. The van der Waals surface area contributed by atoms with E-state index < -0.39 is 0 Å². The molecule has 3 aromatic heterocycles. The van der Waals surface area contributed by atoms with Crippen LogP contribution in [0.4, 0.5) is 0 Å². The van der Waals surface area contributed by atoms with Crippen LogP contribution < -0.4 is 10.7 Å². The number of fused-ring (bicyclic) bond motifs is 2. The van der Waals surface area contributed by atoms with Crippen molar-refractivity contribution in [1.29, 1.82) is 0 Å². The number of hydrogen-bond acceptors (Lipinski definition) is 3. The number of hydrogen-bond donors (Lipinski definition) is 2. The minimum Gasteiger partial charge on any atom is -0.350 e. The maximum absolute atomic E-state index is 12.6. The van der Waals surface area contributed by atoms with Crippen LogP contribution in [0.1, 0.15) is 21.7 Å². The third-order valence-electron chi connectivity index (χ3n) is 4.76. The third-order valence-corrected chi connectivity index (χ3v) is 4.76. The molecule has 27 heavy (non-hydrogen) atoms. The lowest BCUT2D eigenvalue weighted by Crippen LogP contribution is -2.31. The average molecular weight is 360 g/mol. The van der Waals surface area contributed by atoms with E-state index in [4.69, 9.17) is 0 Å². The van der Waals surface area contributed by atoms with E-state index in [2.05, 4.69) is 38.1 Å². The average Bonchev–Trinajstić information content (AvgIpc) is 2.97. The molecule has 0 radical (unpaired) electrons. The predicted octanol–water partition coefficient (Wildman–Crippen LogP) is 2.92. The van der Waals surface area contributed by atoms with Crippen LogP contribution in [0.5, 0.6) is 0 Å². The van der Waals surface area contributed by atoms with Crippen molar-refractivity contribution in [3.8, 4) is 0 Å². The SMILES string of the molecule is Cc1ccc2c(=O)c(C(=O)NCCn3c(C)cc4ccccc43)c[nH]c2n1. The number of carbonyl (C=O) groups excluding carboxylic acids is 1. The fraction of sp³-hybridized carbons (Fsp3) is 0.190. The number of nitrogens with one attached hydrogen (secondary N) is 2. The lowest BCUT2D eigenvalue weighted by atomic mass is 10.2. The van der Waals surface area contributed by atoms with Gasteiger partial charge >= 0.3 is 0 Å². The number of carbonyl (C=O) groups is 1. The van der Waals surface area contributed by atoms with E-state index in [0.717, 1.165) is 16.9 Å². The summed E-state index contributed by atoms with van der Waals surface area (Å²) in [6.07, 6.45) is 1.43. The highest BCUT2D eigenvalue weighted by atomic mass is 16.2. The summed E-state index contributed by atoms with van der Waals surface area (Å²) in [6.45, 7) is 4.97. The smallest absolute Gasteiger partial charge is 0.256 e. The van der Waals surface area contributed by atoms with Crippen LogP contribution in [0, 0.1) is 13.8 Å². The molecule has 0 aliphatic rings. The number of aryl methyl sites for hydroxylation is 2. The molecule has 0 aliphatic carbocycles. The summed E-state index contributed by atoms with van der Waals surface area (Å²) in [5, 5.41) is 4.44. The first-order valence-corrected chi connectivity index (χ1v) is 8.87. The number of amides is 1. The van der Waals surface area contributed by atoms with Gasteiger partial charge in [-0.3, -0.25) is 9.59 Å². The molecule has 1 amide bonds. The number of benzene rings is 1. The van der Waals surface area contributed by atoms with Gasteiger partial charge < -0.3 is 14.9 Å².